The summed E-state index contributed by atoms with van der Waals surface area (Å²) in [4.78, 5) is 2.00. The summed E-state index contributed by atoms with van der Waals surface area (Å²) >= 11 is 0. The summed E-state index contributed by atoms with van der Waals surface area (Å²) in [5.41, 5.74) is 0. The summed E-state index contributed by atoms with van der Waals surface area (Å²) in [7, 11) is 0. The standard InChI is InChI=1S/C14H28N4O3/c1-5-19-9-7-18(8-10-20-6-2)14-17-16-13(21-14)11-15-12(3)4/h12,15H,5-11H2,1-4H3. The van der Waals surface area contributed by atoms with Crippen LogP contribution in [0.3, 0.4) is 0 Å². The van der Waals surface area contributed by atoms with Crippen LogP contribution in [0, 0.1) is 0 Å². The highest BCUT2D eigenvalue weighted by Gasteiger charge is 2.14. The maximum atomic E-state index is 5.69. The fourth-order valence-corrected chi connectivity index (χ4v) is 1.68. The Bertz CT molecular complexity index is 361. The molecule has 0 saturated heterocycles. The van der Waals surface area contributed by atoms with Crippen LogP contribution in [0.15, 0.2) is 4.42 Å². The number of nitrogens with zero attached hydrogens (tertiary/aromatic N) is 3. The van der Waals surface area contributed by atoms with Crippen LogP contribution in [-0.4, -0.2) is 55.8 Å². The van der Waals surface area contributed by atoms with Gasteiger partial charge in [-0.25, -0.2) is 0 Å². The molecule has 122 valence electrons. The van der Waals surface area contributed by atoms with Crippen LogP contribution in [0.1, 0.15) is 33.6 Å². The Hall–Kier alpha value is -1.18. The van der Waals surface area contributed by atoms with Crippen molar-refractivity contribution < 1.29 is 13.9 Å². The SMILES string of the molecule is CCOCCN(CCOCC)c1nnc(CNC(C)C)o1. The van der Waals surface area contributed by atoms with Gasteiger partial charge in [0.15, 0.2) is 0 Å². The number of anilines is 1. The first-order valence-corrected chi connectivity index (χ1v) is 7.63. The molecule has 1 aromatic rings. The first-order valence-electron chi connectivity index (χ1n) is 7.63. The van der Waals surface area contributed by atoms with Crippen LogP contribution >= 0.6 is 0 Å². The van der Waals surface area contributed by atoms with Gasteiger partial charge in [0.25, 0.3) is 0 Å². The van der Waals surface area contributed by atoms with Crippen molar-refractivity contribution in [2.45, 2.75) is 40.3 Å². The number of nitrogens with one attached hydrogen (secondary N) is 1. The Morgan fingerprint density at radius 3 is 2.24 bits per heavy atom. The molecule has 0 aliphatic heterocycles. The van der Waals surface area contributed by atoms with Gasteiger partial charge >= 0.3 is 6.01 Å². The van der Waals surface area contributed by atoms with Crippen molar-refractivity contribution in [3.8, 4) is 0 Å². The number of ether oxygens (including phenoxy) is 2. The molecule has 0 atom stereocenters. The molecule has 21 heavy (non-hydrogen) atoms. The minimum atomic E-state index is 0.382. The van der Waals surface area contributed by atoms with Gasteiger partial charge in [0.05, 0.1) is 19.8 Å². The van der Waals surface area contributed by atoms with Gasteiger partial charge < -0.3 is 24.1 Å². The van der Waals surface area contributed by atoms with Crippen molar-refractivity contribution in [3.05, 3.63) is 5.89 Å². The van der Waals surface area contributed by atoms with Crippen LogP contribution in [0.4, 0.5) is 6.01 Å². The van der Waals surface area contributed by atoms with Gasteiger partial charge in [0.2, 0.25) is 5.89 Å². The molecular weight excluding hydrogens is 272 g/mol. The van der Waals surface area contributed by atoms with E-state index in [9.17, 15) is 0 Å². The number of aromatic nitrogens is 2. The van der Waals surface area contributed by atoms with Gasteiger partial charge in [-0.3, -0.25) is 0 Å². The van der Waals surface area contributed by atoms with Crippen molar-refractivity contribution in [2.75, 3.05) is 44.4 Å². The maximum Gasteiger partial charge on any atom is 0.318 e. The molecule has 0 unspecified atom stereocenters. The molecule has 1 N–H and O–H groups in total. The molecule has 0 bridgehead atoms. The Labute approximate surface area is 127 Å². The second kappa shape index (κ2) is 10.5. The molecule has 1 aromatic heterocycles. The monoisotopic (exact) mass is 300 g/mol. The van der Waals surface area contributed by atoms with E-state index in [1.165, 1.54) is 0 Å². The lowest BCUT2D eigenvalue weighted by Gasteiger charge is -2.19. The molecule has 0 amide bonds. The van der Waals surface area contributed by atoms with E-state index in [0.717, 1.165) is 0 Å². The van der Waals surface area contributed by atoms with E-state index < -0.39 is 0 Å². The van der Waals surface area contributed by atoms with Gasteiger partial charge in [0, 0.05) is 32.3 Å². The lowest BCUT2D eigenvalue weighted by molar-refractivity contribution is 0.140. The van der Waals surface area contributed by atoms with Gasteiger partial charge in [0.1, 0.15) is 0 Å². The molecule has 0 radical (unpaired) electrons. The molecule has 7 nitrogen and oxygen atoms in total. The molecule has 0 aliphatic rings. The fourth-order valence-electron chi connectivity index (χ4n) is 1.68. The second-order valence-corrected chi connectivity index (χ2v) is 4.89. The average Bonchev–Trinajstić information content (AvgIpc) is 2.92. The van der Waals surface area contributed by atoms with Gasteiger partial charge in [-0.1, -0.05) is 18.9 Å². The number of rotatable bonds is 12. The third-order valence-corrected chi connectivity index (χ3v) is 2.81. The molecule has 0 aromatic carbocycles. The molecule has 0 spiro atoms. The van der Waals surface area contributed by atoms with E-state index in [1.54, 1.807) is 0 Å². The summed E-state index contributed by atoms with van der Waals surface area (Å²) in [6.45, 7) is 12.8. The van der Waals surface area contributed by atoms with Crippen molar-refractivity contribution in [2.24, 2.45) is 0 Å². The zero-order chi connectivity index (χ0) is 15.5. The van der Waals surface area contributed by atoms with E-state index in [4.69, 9.17) is 13.9 Å². The Kier molecular flexibility index (Phi) is 8.96. The van der Waals surface area contributed by atoms with Crippen molar-refractivity contribution in [1.82, 2.24) is 15.5 Å². The van der Waals surface area contributed by atoms with Crippen molar-refractivity contribution in [3.63, 3.8) is 0 Å². The first kappa shape index (κ1) is 17.9. The summed E-state index contributed by atoms with van der Waals surface area (Å²) in [6, 6.07) is 0.905. The third-order valence-electron chi connectivity index (χ3n) is 2.81. The quantitative estimate of drug-likeness (QED) is 0.586. The topological polar surface area (TPSA) is 72.7 Å². The minimum Gasteiger partial charge on any atom is -0.407 e. The highest BCUT2D eigenvalue weighted by Crippen LogP contribution is 2.12. The summed E-state index contributed by atoms with van der Waals surface area (Å²) in [5, 5.41) is 11.4. The van der Waals surface area contributed by atoms with E-state index in [0.29, 0.717) is 64.0 Å². The van der Waals surface area contributed by atoms with E-state index in [1.807, 2.05) is 18.7 Å². The highest BCUT2D eigenvalue weighted by atomic mass is 16.5. The Balaban J connectivity index is 2.54. The zero-order valence-electron chi connectivity index (χ0n) is 13.6. The predicted octanol–water partition coefficient (Wildman–Crippen LogP) is 1.45. The van der Waals surface area contributed by atoms with Crippen molar-refractivity contribution >= 4 is 6.01 Å². The van der Waals surface area contributed by atoms with Crippen LogP contribution in [0.5, 0.6) is 0 Å². The molecule has 1 rings (SSSR count). The fraction of sp³-hybridized carbons (Fsp3) is 0.857. The molecule has 0 fully saturated rings. The van der Waals surface area contributed by atoms with Crippen LogP contribution in [0.25, 0.3) is 0 Å². The van der Waals surface area contributed by atoms with E-state index >= 15 is 0 Å². The van der Waals surface area contributed by atoms with Gasteiger partial charge in [-0.15, -0.1) is 5.10 Å². The number of hydrogen-bond donors (Lipinski definition) is 1. The third kappa shape index (κ3) is 7.40. The van der Waals surface area contributed by atoms with Crippen LogP contribution < -0.4 is 10.2 Å². The van der Waals surface area contributed by atoms with Gasteiger partial charge in [-0.05, 0) is 13.8 Å². The van der Waals surface area contributed by atoms with E-state index in [-0.39, 0.29) is 0 Å². The lowest BCUT2D eigenvalue weighted by atomic mass is 10.4. The number of hydrogen-bond acceptors (Lipinski definition) is 7. The highest BCUT2D eigenvalue weighted by molar-refractivity contribution is 5.23. The largest absolute Gasteiger partial charge is 0.407 e. The first-order chi connectivity index (χ1) is 10.2. The molecular formula is C14H28N4O3. The second-order valence-electron chi connectivity index (χ2n) is 4.89. The average molecular weight is 300 g/mol. The maximum absolute atomic E-state index is 5.69. The summed E-state index contributed by atoms with van der Waals surface area (Å²) in [5.74, 6) is 0.594. The summed E-state index contributed by atoms with van der Waals surface area (Å²) in [6.07, 6.45) is 0. The summed E-state index contributed by atoms with van der Waals surface area (Å²) < 4.78 is 16.5. The molecule has 0 saturated carbocycles. The van der Waals surface area contributed by atoms with Gasteiger partial charge in [-0.2, -0.15) is 0 Å². The predicted molar refractivity (Wildman–Crippen MR) is 81.5 cm³/mol. The normalized spacial score (nSPS) is 11.3. The Morgan fingerprint density at radius 1 is 1.10 bits per heavy atom. The van der Waals surface area contributed by atoms with E-state index in [2.05, 4.69) is 29.4 Å². The smallest absolute Gasteiger partial charge is 0.318 e. The molecule has 1 heterocycles. The zero-order valence-corrected chi connectivity index (χ0v) is 13.6. The van der Waals surface area contributed by atoms with Crippen molar-refractivity contribution in [1.29, 1.82) is 0 Å². The van der Waals surface area contributed by atoms with Crippen LogP contribution in [0.2, 0.25) is 0 Å². The molecule has 7 heteroatoms. The minimum absolute atomic E-state index is 0.382. The Morgan fingerprint density at radius 2 is 1.71 bits per heavy atom. The lowest BCUT2D eigenvalue weighted by Crippen LogP contribution is -2.31. The van der Waals surface area contributed by atoms with Crippen LogP contribution in [-0.2, 0) is 16.0 Å². The molecule has 0 aliphatic carbocycles.